The first-order valence-corrected chi connectivity index (χ1v) is 7.11. The van der Waals surface area contributed by atoms with Crippen LogP contribution >= 0.6 is 0 Å². The van der Waals surface area contributed by atoms with E-state index in [1.807, 2.05) is 24.5 Å². The van der Waals surface area contributed by atoms with Gasteiger partial charge in [0.15, 0.2) is 11.6 Å². The molecule has 0 saturated carbocycles. The van der Waals surface area contributed by atoms with Crippen LogP contribution in [0.2, 0.25) is 0 Å². The quantitative estimate of drug-likeness (QED) is 0.690. The van der Waals surface area contributed by atoms with Gasteiger partial charge in [0.2, 0.25) is 0 Å². The third kappa shape index (κ3) is 4.02. The van der Waals surface area contributed by atoms with Gasteiger partial charge in [-0.1, -0.05) is 19.1 Å². The Morgan fingerprint density at radius 3 is 2.77 bits per heavy atom. The van der Waals surface area contributed by atoms with Gasteiger partial charge in [-0.05, 0) is 18.6 Å². The summed E-state index contributed by atoms with van der Waals surface area (Å²) in [7, 11) is 0. The fourth-order valence-electron chi connectivity index (χ4n) is 2.39. The summed E-state index contributed by atoms with van der Waals surface area (Å²) in [5.74, 6) is 1.35. The van der Waals surface area contributed by atoms with Crippen LogP contribution in [0.3, 0.4) is 0 Å². The Hall–Kier alpha value is -2.47. The van der Waals surface area contributed by atoms with Gasteiger partial charge in [-0.15, -0.1) is 0 Å². The van der Waals surface area contributed by atoms with Crippen LogP contribution < -0.4 is 0 Å². The second-order valence-corrected chi connectivity index (χ2v) is 4.83. The van der Waals surface area contributed by atoms with Crippen molar-refractivity contribution in [1.29, 1.82) is 0 Å². The van der Waals surface area contributed by atoms with Crippen molar-refractivity contribution in [3.63, 3.8) is 0 Å². The van der Waals surface area contributed by atoms with Crippen molar-refractivity contribution >= 4 is 6.47 Å². The van der Waals surface area contributed by atoms with Gasteiger partial charge >= 0.3 is 0 Å². The van der Waals surface area contributed by atoms with Crippen molar-refractivity contribution in [2.24, 2.45) is 0 Å². The molecule has 0 amide bonds. The smallest absolute Gasteiger partial charge is 0.290 e. The molecule has 0 spiro atoms. The molecule has 1 aliphatic rings. The number of nitrogens with zero attached hydrogens (tertiary/aromatic N) is 3. The van der Waals surface area contributed by atoms with Crippen LogP contribution in [0.4, 0.5) is 0 Å². The molecule has 0 fully saturated rings. The van der Waals surface area contributed by atoms with E-state index in [4.69, 9.17) is 14.3 Å². The van der Waals surface area contributed by atoms with Crippen LogP contribution in [0.1, 0.15) is 18.9 Å². The standard InChI is InChI=1S/C15H17N3O.CH2O2/c1-2-13-5-3-7-18(13)11-12-9-16-15(17-10-12)14-6-4-8-19-14;2-1-3/h3-6,8-10,13H,2,7,11H2,1H3;1H,(H,2,3). The predicted molar refractivity (Wildman–Crippen MR) is 82.1 cm³/mol. The largest absolute Gasteiger partial charge is 0.483 e. The highest BCUT2D eigenvalue weighted by Gasteiger charge is 2.18. The number of carboxylic acid groups (broad SMARTS) is 1. The fraction of sp³-hybridized carbons (Fsp3) is 0.312. The van der Waals surface area contributed by atoms with Crippen molar-refractivity contribution in [3.8, 4) is 11.6 Å². The normalized spacial score (nSPS) is 17.0. The Morgan fingerprint density at radius 2 is 2.18 bits per heavy atom. The Balaban J connectivity index is 0.000000545. The van der Waals surface area contributed by atoms with Crippen molar-refractivity contribution in [1.82, 2.24) is 14.9 Å². The highest BCUT2D eigenvalue weighted by Crippen LogP contribution is 2.18. The van der Waals surface area contributed by atoms with Crippen LogP contribution in [-0.4, -0.2) is 39.0 Å². The Labute approximate surface area is 129 Å². The van der Waals surface area contributed by atoms with Gasteiger partial charge in [0, 0.05) is 37.1 Å². The number of hydrogen-bond donors (Lipinski definition) is 1. The number of rotatable bonds is 4. The summed E-state index contributed by atoms with van der Waals surface area (Å²) in [6.07, 6.45) is 11.0. The average Bonchev–Trinajstić information content (AvgIpc) is 3.20. The predicted octanol–water partition coefficient (Wildman–Crippen LogP) is 2.59. The zero-order valence-corrected chi connectivity index (χ0v) is 12.4. The lowest BCUT2D eigenvalue weighted by Gasteiger charge is -2.22. The van der Waals surface area contributed by atoms with E-state index in [0.717, 1.165) is 25.1 Å². The van der Waals surface area contributed by atoms with Crippen LogP contribution in [0.15, 0.2) is 47.4 Å². The van der Waals surface area contributed by atoms with Crippen molar-refractivity contribution < 1.29 is 14.3 Å². The molecule has 1 atom stereocenters. The van der Waals surface area contributed by atoms with Crippen LogP contribution in [0.5, 0.6) is 0 Å². The molecule has 0 radical (unpaired) electrons. The van der Waals surface area contributed by atoms with E-state index in [-0.39, 0.29) is 6.47 Å². The number of carbonyl (C=O) groups is 1. The fourth-order valence-corrected chi connectivity index (χ4v) is 2.39. The van der Waals surface area contributed by atoms with Crippen LogP contribution in [0, 0.1) is 0 Å². The molecule has 6 nitrogen and oxygen atoms in total. The van der Waals surface area contributed by atoms with Gasteiger partial charge in [0.05, 0.1) is 6.26 Å². The number of aromatic nitrogens is 2. The first kappa shape index (κ1) is 15.9. The maximum Gasteiger partial charge on any atom is 0.290 e. The van der Waals surface area contributed by atoms with Crippen LogP contribution in [-0.2, 0) is 11.3 Å². The summed E-state index contributed by atoms with van der Waals surface area (Å²) in [6, 6.07) is 4.26. The molecule has 3 rings (SSSR count). The molecular weight excluding hydrogens is 282 g/mol. The van der Waals surface area contributed by atoms with Crippen molar-refractivity contribution in [2.75, 3.05) is 6.54 Å². The number of hydrogen-bond acceptors (Lipinski definition) is 5. The third-order valence-electron chi connectivity index (χ3n) is 3.42. The second-order valence-electron chi connectivity index (χ2n) is 4.83. The minimum absolute atomic E-state index is 0.250. The minimum atomic E-state index is -0.250. The molecule has 0 saturated heterocycles. The SMILES string of the molecule is CCC1C=CCN1Cc1cnc(-c2ccco2)nc1.O=CO. The molecule has 0 aromatic carbocycles. The number of furan rings is 1. The summed E-state index contributed by atoms with van der Waals surface area (Å²) in [5, 5.41) is 6.89. The average molecular weight is 301 g/mol. The van der Waals surface area contributed by atoms with E-state index in [9.17, 15) is 0 Å². The zero-order chi connectivity index (χ0) is 15.8. The van der Waals surface area contributed by atoms with E-state index >= 15 is 0 Å². The lowest BCUT2D eigenvalue weighted by molar-refractivity contribution is -0.122. The summed E-state index contributed by atoms with van der Waals surface area (Å²) in [6.45, 7) is 3.87. The molecular formula is C16H19N3O3. The summed E-state index contributed by atoms with van der Waals surface area (Å²) in [4.78, 5) is 19.5. The van der Waals surface area contributed by atoms with E-state index in [0.29, 0.717) is 17.6 Å². The Bertz CT molecular complexity index is 594. The topological polar surface area (TPSA) is 79.5 Å². The monoisotopic (exact) mass is 301 g/mol. The Morgan fingerprint density at radius 1 is 1.45 bits per heavy atom. The molecule has 22 heavy (non-hydrogen) atoms. The van der Waals surface area contributed by atoms with Gasteiger partial charge in [0.1, 0.15) is 0 Å². The molecule has 1 N–H and O–H groups in total. The molecule has 1 aliphatic heterocycles. The molecule has 116 valence electrons. The lowest BCUT2D eigenvalue weighted by atomic mass is 10.2. The zero-order valence-electron chi connectivity index (χ0n) is 12.4. The summed E-state index contributed by atoms with van der Waals surface area (Å²) >= 11 is 0. The molecule has 1 unspecified atom stereocenters. The van der Waals surface area contributed by atoms with E-state index < -0.39 is 0 Å². The second kappa shape index (κ2) is 8.09. The van der Waals surface area contributed by atoms with E-state index in [1.165, 1.54) is 0 Å². The lowest BCUT2D eigenvalue weighted by Crippen LogP contribution is -2.28. The van der Waals surface area contributed by atoms with Crippen molar-refractivity contribution in [3.05, 3.63) is 48.5 Å². The van der Waals surface area contributed by atoms with Gasteiger partial charge in [-0.3, -0.25) is 9.69 Å². The van der Waals surface area contributed by atoms with Crippen molar-refractivity contribution in [2.45, 2.75) is 25.9 Å². The maximum absolute atomic E-state index is 8.36. The molecule has 3 heterocycles. The molecule has 0 bridgehead atoms. The van der Waals surface area contributed by atoms with E-state index in [1.54, 1.807) is 6.26 Å². The van der Waals surface area contributed by atoms with Gasteiger partial charge in [-0.2, -0.15) is 0 Å². The maximum atomic E-state index is 8.36. The highest BCUT2D eigenvalue weighted by molar-refractivity contribution is 5.45. The molecule has 0 aliphatic carbocycles. The summed E-state index contributed by atoms with van der Waals surface area (Å²) < 4.78 is 5.28. The summed E-state index contributed by atoms with van der Waals surface area (Å²) in [5.41, 5.74) is 1.14. The first-order chi connectivity index (χ1) is 10.8. The minimum Gasteiger partial charge on any atom is -0.483 e. The third-order valence-corrected chi connectivity index (χ3v) is 3.42. The van der Waals surface area contributed by atoms with E-state index in [2.05, 4.69) is 33.9 Å². The van der Waals surface area contributed by atoms with Gasteiger partial charge in [0.25, 0.3) is 6.47 Å². The Kier molecular flexibility index (Phi) is 5.85. The molecule has 2 aromatic heterocycles. The molecule has 2 aromatic rings. The van der Waals surface area contributed by atoms with Gasteiger partial charge < -0.3 is 9.52 Å². The highest BCUT2D eigenvalue weighted by atomic mass is 16.3. The first-order valence-electron chi connectivity index (χ1n) is 7.11. The molecule has 6 heteroatoms. The van der Waals surface area contributed by atoms with Crippen LogP contribution in [0.25, 0.3) is 11.6 Å². The van der Waals surface area contributed by atoms with Gasteiger partial charge in [-0.25, -0.2) is 9.97 Å².